The minimum Gasteiger partial charge on any atom is -0.462 e. The summed E-state index contributed by atoms with van der Waals surface area (Å²) in [5.41, 5.74) is 0. The smallest absolute Gasteiger partial charge is 0.306 e. The van der Waals surface area contributed by atoms with E-state index in [-0.39, 0.29) is 31.1 Å². The minimum atomic E-state index is -0.758. The Bertz CT molecular complexity index is 828. The van der Waals surface area contributed by atoms with Crippen molar-refractivity contribution in [1.29, 1.82) is 0 Å². The summed E-state index contributed by atoms with van der Waals surface area (Å²) in [4.78, 5) is 37.8. The topological polar surface area (TPSA) is 78.9 Å². The van der Waals surface area contributed by atoms with Crippen LogP contribution in [0.25, 0.3) is 0 Å². The van der Waals surface area contributed by atoms with Crippen LogP contribution in [-0.4, -0.2) is 37.2 Å². The van der Waals surface area contributed by atoms with Crippen molar-refractivity contribution in [2.24, 2.45) is 0 Å². The molecule has 0 aromatic carbocycles. The number of ether oxygens (including phenoxy) is 3. The van der Waals surface area contributed by atoms with Gasteiger partial charge in [0.2, 0.25) is 0 Å². The van der Waals surface area contributed by atoms with E-state index < -0.39 is 6.10 Å². The molecular weight excluding hydrogens is 697 g/mol. The third-order valence-corrected chi connectivity index (χ3v) is 11.4. The van der Waals surface area contributed by atoms with Crippen molar-refractivity contribution in [2.75, 3.05) is 13.2 Å². The highest BCUT2D eigenvalue weighted by atomic mass is 16.6. The van der Waals surface area contributed by atoms with Gasteiger partial charge >= 0.3 is 17.9 Å². The molecule has 56 heavy (non-hydrogen) atoms. The van der Waals surface area contributed by atoms with Gasteiger partial charge in [-0.3, -0.25) is 14.4 Å². The molecule has 0 aliphatic rings. The van der Waals surface area contributed by atoms with Crippen molar-refractivity contribution >= 4 is 17.9 Å². The van der Waals surface area contributed by atoms with Crippen LogP contribution >= 0.6 is 0 Å². The van der Waals surface area contributed by atoms with Crippen molar-refractivity contribution in [3.8, 4) is 0 Å². The first-order valence-corrected chi connectivity index (χ1v) is 25.0. The molecule has 332 valence electrons. The van der Waals surface area contributed by atoms with Crippen molar-refractivity contribution in [1.82, 2.24) is 0 Å². The third-order valence-electron chi connectivity index (χ3n) is 11.4. The predicted molar refractivity (Wildman–Crippen MR) is 238 cm³/mol. The molecule has 0 saturated heterocycles. The number of hydrogen-bond acceptors (Lipinski definition) is 6. The summed E-state index contributed by atoms with van der Waals surface area (Å²) in [6.45, 7) is 6.65. The van der Waals surface area contributed by atoms with E-state index in [1.807, 2.05) is 0 Å². The predicted octanol–water partition coefficient (Wildman–Crippen LogP) is 16.0. The van der Waals surface area contributed by atoms with E-state index in [4.69, 9.17) is 14.2 Å². The van der Waals surface area contributed by atoms with Crippen molar-refractivity contribution in [2.45, 2.75) is 290 Å². The highest BCUT2D eigenvalue weighted by Gasteiger charge is 2.19. The summed E-state index contributed by atoms with van der Waals surface area (Å²) in [7, 11) is 0. The van der Waals surface area contributed by atoms with Crippen molar-refractivity contribution < 1.29 is 28.6 Å². The minimum absolute atomic E-state index is 0.0622. The molecule has 6 nitrogen and oxygen atoms in total. The molecular formula is C50H96O6. The number of unbranched alkanes of at least 4 members (excludes halogenated alkanes) is 35. The van der Waals surface area contributed by atoms with Gasteiger partial charge in [0.15, 0.2) is 6.10 Å². The number of esters is 3. The lowest BCUT2D eigenvalue weighted by atomic mass is 10.0. The number of carbonyl (C=O) groups is 3. The fourth-order valence-electron chi connectivity index (χ4n) is 7.56. The van der Waals surface area contributed by atoms with Gasteiger partial charge in [0.25, 0.3) is 0 Å². The van der Waals surface area contributed by atoms with E-state index in [9.17, 15) is 14.4 Å². The first-order valence-electron chi connectivity index (χ1n) is 25.0. The normalized spacial score (nSPS) is 11.8. The van der Waals surface area contributed by atoms with Crippen LogP contribution in [0.5, 0.6) is 0 Å². The monoisotopic (exact) mass is 793 g/mol. The average molecular weight is 793 g/mol. The standard InChI is InChI=1S/C50H96O6/c1-4-7-10-13-16-19-21-23-24-25-27-29-32-35-38-41-44-50(53)56-47(45-54-48(51)42-39-36-33-30-18-15-12-9-6-3)46-55-49(52)43-40-37-34-31-28-26-22-20-17-14-11-8-5-2/h47H,4-46H2,1-3H3/t47-/m1/s1. The molecule has 6 heteroatoms. The second-order valence-electron chi connectivity index (χ2n) is 17.1. The Kier molecular flexibility index (Phi) is 44.8. The van der Waals surface area contributed by atoms with Gasteiger partial charge in [-0.25, -0.2) is 0 Å². The molecule has 0 fully saturated rings. The maximum absolute atomic E-state index is 12.8. The molecule has 0 bridgehead atoms. The van der Waals surface area contributed by atoms with Gasteiger partial charge in [0.1, 0.15) is 13.2 Å². The molecule has 0 saturated carbocycles. The summed E-state index contributed by atoms with van der Waals surface area (Å²) < 4.78 is 16.8. The van der Waals surface area contributed by atoms with Gasteiger partial charge in [0, 0.05) is 19.3 Å². The summed E-state index contributed by atoms with van der Waals surface area (Å²) >= 11 is 0. The Morgan fingerprint density at radius 2 is 0.482 bits per heavy atom. The lowest BCUT2D eigenvalue weighted by Gasteiger charge is -2.18. The Hall–Kier alpha value is -1.59. The summed E-state index contributed by atoms with van der Waals surface area (Å²) in [5.74, 6) is -0.846. The van der Waals surface area contributed by atoms with E-state index >= 15 is 0 Å². The van der Waals surface area contributed by atoms with Crippen LogP contribution in [0.1, 0.15) is 284 Å². The largest absolute Gasteiger partial charge is 0.462 e. The third kappa shape index (κ3) is 43.5. The zero-order chi connectivity index (χ0) is 40.8. The highest BCUT2D eigenvalue weighted by molar-refractivity contribution is 5.71. The Balaban J connectivity index is 4.27. The zero-order valence-electron chi connectivity index (χ0n) is 37.9. The Labute approximate surface area is 348 Å². The molecule has 0 rings (SSSR count). The van der Waals surface area contributed by atoms with Crippen LogP contribution in [0.2, 0.25) is 0 Å². The molecule has 0 aliphatic heterocycles. The molecule has 0 unspecified atom stereocenters. The maximum atomic E-state index is 12.8. The van der Waals surface area contributed by atoms with Gasteiger partial charge in [-0.05, 0) is 19.3 Å². The molecule has 1 atom stereocenters. The first kappa shape index (κ1) is 54.4. The van der Waals surface area contributed by atoms with Crippen LogP contribution in [0.15, 0.2) is 0 Å². The SMILES string of the molecule is CCCCCCCCCCCCCCCCCCC(=O)O[C@H](COC(=O)CCCCCCCCCCC)COC(=O)CCCCCCCCCCCCCCC. The van der Waals surface area contributed by atoms with Crippen molar-refractivity contribution in [3.63, 3.8) is 0 Å². The molecule has 0 amide bonds. The van der Waals surface area contributed by atoms with E-state index in [2.05, 4.69) is 20.8 Å². The fraction of sp³-hybridized carbons (Fsp3) is 0.940. The van der Waals surface area contributed by atoms with Crippen molar-refractivity contribution in [3.05, 3.63) is 0 Å². The molecule has 0 aliphatic carbocycles. The van der Waals surface area contributed by atoms with E-state index in [1.165, 1.54) is 186 Å². The van der Waals surface area contributed by atoms with Gasteiger partial charge < -0.3 is 14.2 Å². The summed E-state index contributed by atoms with van der Waals surface area (Å²) in [6, 6.07) is 0. The van der Waals surface area contributed by atoms with E-state index in [1.54, 1.807) is 0 Å². The lowest BCUT2D eigenvalue weighted by molar-refractivity contribution is -0.167. The second-order valence-corrected chi connectivity index (χ2v) is 17.1. The number of hydrogen-bond donors (Lipinski definition) is 0. The first-order chi connectivity index (χ1) is 27.5. The lowest BCUT2D eigenvalue weighted by Crippen LogP contribution is -2.30. The molecule has 0 aromatic rings. The van der Waals surface area contributed by atoms with Gasteiger partial charge in [-0.15, -0.1) is 0 Å². The van der Waals surface area contributed by atoms with E-state index in [0.717, 1.165) is 57.8 Å². The summed E-state index contributed by atoms with van der Waals surface area (Å²) in [6.07, 6.45) is 48.0. The molecule has 0 spiro atoms. The number of rotatable bonds is 46. The van der Waals surface area contributed by atoms with Crippen LogP contribution in [0.3, 0.4) is 0 Å². The quantitative estimate of drug-likeness (QED) is 0.0347. The zero-order valence-corrected chi connectivity index (χ0v) is 37.9. The molecule has 0 heterocycles. The Morgan fingerprint density at radius 1 is 0.286 bits per heavy atom. The second kappa shape index (κ2) is 46.1. The average Bonchev–Trinajstić information content (AvgIpc) is 3.19. The Morgan fingerprint density at radius 3 is 0.714 bits per heavy atom. The van der Waals surface area contributed by atoms with E-state index in [0.29, 0.717) is 19.3 Å². The van der Waals surface area contributed by atoms with Crippen LogP contribution in [0.4, 0.5) is 0 Å². The van der Waals surface area contributed by atoms with Gasteiger partial charge in [0.05, 0.1) is 0 Å². The summed E-state index contributed by atoms with van der Waals surface area (Å²) in [5, 5.41) is 0. The number of carbonyl (C=O) groups excluding carboxylic acids is 3. The fourth-order valence-corrected chi connectivity index (χ4v) is 7.56. The maximum Gasteiger partial charge on any atom is 0.306 e. The van der Waals surface area contributed by atoms with Crippen LogP contribution < -0.4 is 0 Å². The molecule has 0 aromatic heterocycles. The van der Waals surface area contributed by atoms with Gasteiger partial charge in [-0.2, -0.15) is 0 Å². The van der Waals surface area contributed by atoms with Crippen LogP contribution in [0, 0.1) is 0 Å². The molecule has 0 N–H and O–H groups in total. The molecule has 0 radical (unpaired) electrons. The highest BCUT2D eigenvalue weighted by Crippen LogP contribution is 2.16. The van der Waals surface area contributed by atoms with Crippen LogP contribution in [-0.2, 0) is 28.6 Å². The van der Waals surface area contributed by atoms with Gasteiger partial charge in [-0.1, -0.05) is 245 Å².